The van der Waals surface area contributed by atoms with Gasteiger partial charge in [-0.15, -0.1) is 0 Å². The molecule has 1 heterocycles. The number of carbonyl (C=O) groups excluding carboxylic acids is 2. The van der Waals surface area contributed by atoms with Crippen molar-refractivity contribution < 1.29 is 14.0 Å². The number of primary amides is 2. The fourth-order valence-electron chi connectivity index (χ4n) is 0.227. The van der Waals surface area contributed by atoms with E-state index in [1.165, 1.54) is 0 Å². The second-order valence-corrected chi connectivity index (χ2v) is 1.20. The molecule has 0 fully saturated rings. The van der Waals surface area contributed by atoms with Gasteiger partial charge in [-0.1, -0.05) is 0 Å². The zero-order valence-electron chi connectivity index (χ0n) is 5.90. The Morgan fingerprint density at radius 2 is 1.45 bits per heavy atom. The number of nitrogens with two attached hydrogens (primary N) is 2. The van der Waals surface area contributed by atoms with E-state index in [9.17, 15) is 0 Å². The van der Waals surface area contributed by atoms with E-state index in [1.54, 1.807) is 12.5 Å². The summed E-state index contributed by atoms with van der Waals surface area (Å²) in [7, 11) is 0. The summed E-state index contributed by atoms with van der Waals surface area (Å²) in [5.41, 5.74) is 8.50. The Hall–Kier alpha value is -1.78. The third kappa shape index (κ3) is 30.7. The van der Waals surface area contributed by atoms with Gasteiger partial charge in [-0.3, -0.25) is 0 Å². The maximum Gasteiger partial charge on any atom is 0.309 e. The predicted molar refractivity (Wildman–Crippen MR) is 39.6 cm³/mol. The lowest BCUT2D eigenvalue weighted by molar-refractivity contribution is -0.0979. The Morgan fingerprint density at radius 1 is 1.18 bits per heavy atom. The van der Waals surface area contributed by atoms with Crippen molar-refractivity contribution in [1.29, 1.82) is 0 Å². The molecule has 0 atom stereocenters. The van der Waals surface area contributed by atoms with Crippen LogP contribution in [0.3, 0.4) is 0 Å². The standard InChI is InChI=1S/C4H4O.CH4N2O.CH2O/c1-2-4-5-3-1;2-1(3)4;1-2/h1-4H;(H4,2,3,4);1H2. The summed E-state index contributed by atoms with van der Waals surface area (Å²) < 4.78 is 4.58. The Labute approximate surface area is 64.0 Å². The fraction of sp³-hybridized carbons (Fsp3) is 0. The van der Waals surface area contributed by atoms with E-state index in [2.05, 4.69) is 15.9 Å². The summed E-state index contributed by atoms with van der Waals surface area (Å²) in [6, 6.07) is 2.83. The van der Waals surface area contributed by atoms with E-state index >= 15 is 0 Å². The van der Waals surface area contributed by atoms with Crippen LogP contribution >= 0.6 is 0 Å². The molecular weight excluding hydrogens is 148 g/mol. The molecule has 4 N–H and O–H groups in total. The quantitative estimate of drug-likeness (QED) is 0.560. The highest BCUT2D eigenvalue weighted by Crippen LogP contribution is 1.79. The van der Waals surface area contributed by atoms with E-state index < -0.39 is 6.03 Å². The Bertz CT molecular complexity index is 141. The molecule has 0 aliphatic carbocycles. The van der Waals surface area contributed by atoms with Crippen LogP contribution in [-0.2, 0) is 4.79 Å². The van der Waals surface area contributed by atoms with Crippen molar-refractivity contribution in [2.45, 2.75) is 0 Å². The van der Waals surface area contributed by atoms with E-state index in [-0.39, 0.29) is 0 Å². The summed E-state index contributed by atoms with van der Waals surface area (Å²) >= 11 is 0. The van der Waals surface area contributed by atoms with Crippen LogP contribution in [0.4, 0.5) is 4.79 Å². The smallest absolute Gasteiger partial charge is 0.309 e. The largest absolute Gasteiger partial charge is 0.473 e. The number of furan rings is 1. The van der Waals surface area contributed by atoms with E-state index in [0.717, 1.165) is 0 Å². The highest BCUT2D eigenvalue weighted by atomic mass is 16.3. The lowest BCUT2D eigenvalue weighted by atomic mass is 10.7. The minimum absolute atomic E-state index is 0.833. The van der Waals surface area contributed by atoms with Crippen LogP contribution in [0.2, 0.25) is 0 Å². The van der Waals surface area contributed by atoms with Crippen molar-refractivity contribution in [2.24, 2.45) is 11.5 Å². The summed E-state index contributed by atoms with van der Waals surface area (Å²) in [6.07, 6.45) is 3.25. The van der Waals surface area contributed by atoms with Crippen LogP contribution in [0.15, 0.2) is 29.1 Å². The van der Waals surface area contributed by atoms with Crippen molar-refractivity contribution in [1.82, 2.24) is 0 Å². The molecule has 0 aromatic carbocycles. The average molecular weight is 158 g/mol. The second-order valence-electron chi connectivity index (χ2n) is 1.20. The topological polar surface area (TPSA) is 99.3 Å². The fourth-order valence-corrected chi connectivity index (χ4v) is 0.227. The molecule has 0 bridgehead atoms. The number of hydrogen-bond donors (Lipinski definition) is 2. The molecule has 0 aliphatic rings. The molecule has 1 rings (SSSR count). The minimum Gasteiger partial charge on any atom is -0.473 e. The first-order chi connectivity index (χ1) is 5.23. The number of urea groups is 1. The van der Waals surface area contributed by atoms with Crippen LogP contribution in [0.25, 0.3) is 0 Å². The minimum atomic E-state index is -0.833. The molecular formula is C6H10N2O3. The Kier molecular flexibility index (Phi) is 12.0. The first kappa shape index (κ1) is 12.0. The van der Waals surface area contributed by atoms with Gasteiger partial charge in [0.1, 0.15) is 6.79 Å². The molecule has 1 aromatic heterocycles. The number of rotatable bonds is 0. The van der Waals surface area contributed by atoms with Gasteiger partial charge < -0.3 is 20.7 Å². The average Bonchev–Trinajstić information content (AvgIpc) is 2.44. The number of carbonyl (C=O) groups is 2. The van der Waals surface area contributed by atoms with Gasteiger partial charge in [0.25, 0.3) is 0 Å². The lowest BCUT2D eigenvalue weighted by Gasteiger charge is -1.62. The van der Waals surface area contributed by atoms with Crippen LogP contribution in [-0.4, -0.2) is 12.8 Å². The third-order valence-electron chi connectivity index (χ3n) is 0.425. The SMILES string of the molecule is C=O.NC(N)=O.c1ccoc1. The summed E-state index contributed by atoms with van der Waals surface area (Å²) in [5.74, 6) is 0. The first-order valence-corrected chi connectivity index (χ1v) is 2.54. The van der Waals surface area contributed by atoms with Gasteiger partial charge in [0.05, 0.1) is 12.5 Å². The second kappa shape index (κ2) is 11.1. The van der Waals surface area contributed by atoms with Crippen molar-refractivity contribution in [3.8, 4) is 0 Å². The van der Waals surface area contributed by atoms with Crippen molar-refractivity contribution >= 4 is 12.8 Å². The summed E-state index contributed by atoms with van der Waals surface area (Å²) in [5, 5.41) is 0. The van der Waals surface area contributed by atoms with Gasteiger partial charge in [-0.2, -0.15) is 0 Å². The number of amides is 2. The molecule has 0 radical (unpaired) electrons. The van der Waals surface area contributed by atoms with Gasteiger partial charge in [0.15, 0.2) is 0 Å². The zero-order valence-corrected chi connectivity index (χ0v) is 5.90. The van der Waals surface area contributed by atoms with Crippen molar-refractivity contribution in [3.63, 3.8) is 0 Å². The molecule has 5 heteroatoms. The molecule has 0 unspecified atom stereocenters. The predicted octanol–water partition coefficient (Wildman–Crippen LogP) is 0.118. The normalized spacial score (nSPS) is 6.18. The lowest BCUT2D eigenvalue weighted by Crippen LogP contribution is -2.18. The van der Waals surface area contributed by atoms with Crippen LogP contribution in [0, 0.1) is 0 Å². The Balaban J connectivity index is 0. The molecule has 62 valence electrons. The maximum absolute atomic E-state index is 9.00. The van der Waals surface area contributed by atoms with Crippen LogP contribution < -0.4 is 11.5 Å². The summed E-state index contributed by atoms with van der Waals surface area (Å²) in [6.45, 7) is 2.00. The Morgan fingerprint density at radius 3 is 1.55 bits per heavy atom. The molecule has 0 saturated carbocycles. The van der Waals surface area contributed by atoms with E-state index in [1.807, 2.05) is 18.9 Å². The molecule has 11 heavy (non-hydrogen) atoms. The van der Waals surface area contributed by atoms with Crippen LogP contribution in [0.5, 0.6) is 0 Å². The van der Waals surface area contributed by atoms with Gasteiger partial charge in [0.2, 0.25) is 0 Å². The zero-order chi connectivity index (χ0) is 9.11. The van der Waals surface area contributed by atoms with Gasteiger partial charge in [-0.25, -0.2) is 4.79 Å². The molecule has 2 amide bonds. The highest BCUT2D eigenvalue weighted by Gasteiger charge is 1.60. The number of hydrogen-bond acceptors (Lipinski definition) is 3. The monoisotopic (exact) mass is 158 g/mol. The van der Waals surface area contributed by atoms with E-state index in [4.69, 9.17) is 9.59 Å². The van der Waals surface area contributed by atoms with E-state index in [0.29, 0.717) is 0 Å². The molecule has 0 spiro atoms. The van der Waals surface area contributed by atoms with Gasteiger partial charge in [-0.05, 0) is 12.1 Å². The van der Waals surface area contributed by atoms with Crippen LogP contribution in [0.1, 0.15) is 0 Å². The summed E-state index contributed by atoms with van der Waals surface area (Å²) in [4.78, 5) is 17.0. The van der Waals surface area contributed by atoms with Crippen molar-refractivity contribution in [2.75, 3.05) is 0 Å². The molecule has 5 nitrogen and oxygen atoms in total. The van der Waals surface area contributed by atoms with Gasteiger partial charge >= 0.3 is 6.03 Å². The maximum atomic E-state index is 9.00. The third-order valence-corrected chi connectivity index (χ3v) is 0.425. The molecule has 1 aromatic rings. The molecule has 0 aliphatic heterocycles. The first-order valence-electron chi connectivity index (χ1n) is 2.54. The van der Waals surface area contributed by atoms with Crippen molar-refractivity contribution in [3.05, 3.63) is 24.7 Å². The molecule has 0 saturated heterocycles. The van der Waals surface area contributed by atoms with Gasteiger partial charge in [0, 0.05) is 0 Å². The highest BCUT2D eigenvalue weighted by molar-refractivity contribution is 5.69.